The van der Waals surface area contributed by atoms with Gasteiger partial charge in [-0.2, -0.15) is 0 Å². The third-order valence-electron chi connectivity index (χ3n) is 6.41. The van der Waals surface area contributed by atoms with Gasteiger partial charge in [-0.15, -0.1) is 0 Å². The zero-order chi connectivity index (χ0) is 24.2. The lowest BCUT2D eigenvalue weighted by atomic mass is 10.2. The summed E-state index contributed by atoms with van der Waals surface area (Å²) in [6.07, 6.45) is 4.15. The fourth-order valence-electron chi connectivity index (χ4n) is 4.37. The number of rotatable bonds is 9. The molecule has 0 radical (unpaired) electrons. The first-order valence-corrected chi connectivity index (χ1v) is 11.8. The van der Waals surface area contributed by atoms with Crippen LogP contribution >= 0.6 is 0 Å². The van der Waals surface area contributed by atoms with Crippen LogP contribution in [0.3, 0.4) is 0 Å². The van der Waals surface area contributed by atoms with Crippen molar-refractivity contribution in [1.29, 1.82) is 0 Å². The van der Waals surface area contributed by atoms with Crippen molar-refractivity contribution in [3.63, 3.8) is 0 Å². The number of piperazine rings is 1. The Labute approximate surface area is 204 Å². The van der Waals surface area contributed by atoms with Crippen LogP contribution in [0.1, 0.15) is 6.42 Å². The van der Waals surface area contributed by atoms with Gasteiger partial charge in [0.05, 0.1) is 38.3 Å². The van der Waals surface area contributed by atoms with Crippen molar-refractivity contribution in [2.24, 2.45) is 0 Å². The van der Waals surface area contributed by atoms with E-state index in [0.29, 0.717) is 23.9 Å². The van der Waals surface area contributed by atoms with Crippen molar-refractivity contribution in [3.05, 3.63) is 42.9 Å². The summed E-state index contributed by atoms with van der Waals surface area (Å²) < 4.78 is 22.9. The molecule has 9 heteroatoms. The van der Waals surface area contributed by atoms with E-state index in [2.05, 4.69) is 32.1 Å². The van der Waals surface area contributed by atoms with Crippen LogP contribution in [0.15, 0.2) is 47.3 Å². The van der Waals surface area contributed by atoms with Gasteiger partial charge in [-0.05, 0) is 31.7 Å². The quantitative estimate of drug-likeness (QED) is 0.357. The molecule has 5 rings (SSSR count). The molecule has 2 aromatic carbocycles. The van der Waals surface area contributed by atoms with Gasteiger partial charge in [-0.3, -0.25) is 0 Å². The van der Waals surface area contributed by atoms with Crippen molar-refractivity contribution < 1.29 is 18.6 Å². The van der Waals surface area contributed by atoms with Crippen LogP contribution in [0.4, 0.5) is 11.5 Å². The molecular weight excluding hydrogens is 446 g/mol. The third-order valence-corrected chi connectivity index (χ3v) is 6.41. The number of methoxy groups -OCH3 is 2. The highest BCUT2D eigenvalue weighted by atomic mass is 16.5. The minimum Gasteiger partial charge on any atom is -0.497 e. The molecule has 0 bridgehead atoms. The van der Waals surface area contributed by atoms with Gasteiger partial charge in [0.15, 0.2) is 17.1 Å². The van der Waals surface area contributed by atoms with Crippen LogP contribution in [0.2, 0.25) is 0 Å². The summed E-state index contributed by atoms with van der Waals surface area (Å²) in [6.45, 7) is 6.11. The fraction of sp³-hybridized carbons (Fsp3) is 0.385. The Morgan fingerprint density at radius 2 is 1.86 bits per heavy atom. The Morgan fingerprint density at radius 3 is 2.66 bits per heavy atom. The number of anilines is 2. The van der Waals surface area contributed by atoms with E-state index >= 15 is 0 Å². The van der Waals surface area contributed by atoms with Crippen LogP contribution in [0, 0.1) is 0 Å². The zero-order valence-electron chi connectivity index (χ0n) is 20.4. The molecule has 0 atom stereocenters. The molecule has 1 fully saturated rings. The lowest BCUT2D eigenvalue weighted by Crippen LogP contribution is -2.44. The molecule has 1 N–H and O–H groups in total. The van der Waals surface area contributed by atoms with Gasteiger partial charge < -0.3 is 33.7 Å². The number of fused-ring (bicyclic) bond motifs is 2. The molecule has 9 nitrogen and oxygen atoms in total. The van der Waals surface area contributed by atoms with Crippen LogP contribution in [-0.4, -0.2) is 80.4 Å². The van der Waals surface area contributed by atoms with E-state index in [-0.39, 0.29) is 0 Å². The van der Waals surface area contributed by atoms with Gasteiger partial charge >= 0.3 is 0 Å². The molecule has 0 unspecified atom stereocenters. The normalized spacial score (nSPS) is 14.9. The number of ether oxygens (including phenoxy) is 3. The molecule has 1 saturated heterocycles. The highest BCUT2D eigenvalue weighted by Crippen LogP contribution is 2.37. The van der Waals surface area contributed by atoms with Crippen molar-refractivity contribution in [2.45, 2.75) is 6.42 Å². The lowest BCUT2D eigenvalue weighted by molar-refractivity contribution is 0.145. The second-order valence-corrected chi connectivity index (χ2v) is 8.73. The van der Waals surface area contributed by atoms with Gasteiger partial charge in [0.2, 0.25) is 0 Å². The molecule has 1 aliphatic rings. The molecule has 2 aromatic heterocycles. The molecule has 0 aliphatic carbocycles. The highest BCUT2D eigenvalue weighted by molar-refractivity contribution is 5.97. The number of nitrogens with zero attached hydrogens (tertiary/aromatic N) is 4. The monoisotopic (exact) mass is 477 g/mol. The van der Waals surface area contributed by atoms with E-state index in [1.807, 2.05) is 30.3 Å². The SMILES string of the molecule is COc1cc(Nc2ncnc3cc(OCCCN4CCN(C)CC4)c(OC)cc23)c2occc2c1. The second kappa shape index (κ2) is 10.4. The summed E-state index contributed by atoms with van der Waals surface area (Å²) in [7, 11) is 5.46. The highest BCUT2D eigenvalue weighted by Gasteiger charge is 2.16. The molecular formula is C26H31N5O4. The first kappa shape index (κ1) is 23.2. The lowest BCUT2D eigenvalue weighted by Gasteiger charge is -2.32. The summed E-state index contributed by atoms with van der Waals surface area (Å²) in [4.78, 5) is 13.8. The molecule has 3 heterocycles. The Balaban J connectivity index is 1.34. The first-order chi connectivity index (χ1) is 17.1. The minimum absolute atomic E-state index is 0.616. The first-order valence-electron chi connectivity index (χ1n) is 11.8. The average Bonchev–Trinajstić information content (AvgIpc) is 3.36. The fourth-order valence-corrected chi connectivity index (χ4v) is 4.37. The average molecular weight is 478 g/mol. The predicted molar refractivity (Wildman–Crippen MR) is 136 cm³/mol. The van der Waals surface area contributed by atoms with E-state index in [9.17, 15) is 0 Å². The minimum atomic E-state index is 0.616. The standard InChI is InChI=1S/C26H31N5O4/c1-30-7-9-31(10-8-30)6-4-11-34-24-16-21-20(15-23(24)33-3)26(28-17-27-21)29-22-14-19(32-2)13-18-5-12-35-25(18)22/h5,12-17H,4,6-11H2,1-3H3,(H,27,28,29). The number of likely N-dealkylation sites (N-methyl/N-ethyl adjacent to an activating group) is 1. The molecule has 0 saturated carbocycles. The topological polar surface area (TPSA) is 85.1 Å². The summed E-state index contributed by atoms with van der Waals surface area (Å²) >= 11 is 0. The van der Waals surface area contributed by atoms with Gasteiger partial charge in [0.25, 0.3) is 0 Å². The van der Waals surface area contributed by atoms with Crippen molar-refractivity contribution in [1.82, 2.24) is 19.8 Å². The molecule has 0 spiro atoms. The predicted octanol–water partition coefficient (Wildman–Crippen LogP) is 4.15. The van der Waals surface area contributed by atoms with E-state index in [4.69, 9.17) is 18.6 Å². The van der Waals surface area contributed by atoms with Crippen LogP contribution in [0.25, 0.3) is 21.9 Å². The van der Waals surface area contributed by atoms with Crippen LogP contribution in [-0.2, 0) is 0 Å². The maximum atomic E-state index is 6.11. The van der Waals surface area contributed by atoms with Gasteiger partial charge in [-0.1, -0.05) is 0 Å². The Bertz CT molecular complexity index is 1300. The summed E-state index contributed by atoms with van der Waals surface area (Å²) in [6, 6.07) is 9.53. The largest absolute Gasteiger partial charge is 0.497 e. The third kappa shape index (κ3) is 5.11. The maximum absolute atomic E-state index is 6.11. The van der Waals surface area contributed by atoms with Crippen molar-refractivity contribution in [2.75, 3.05) is 65.9 Å². The van der Waals surface area contributed by atoms with Crippen LogP contribution < -0.4 is 19.5 Å². The number of furan rings is 1. The summed E-state index contributed by atoms with van der Waals surface area (Å²) in [5, 5.41) is 5.14. The van der Waals surface area contributed by atoms with E-state index < -0.39 is 0 Å². The van der Waals surface area contributed by atoms with E-state index in [0.717, 1.165) is 72.5 Å². The van der Waals surface area contributed by atoms with Crippen molar-refractivity contribution in [3.8, 4) is 17.2 Å². The van der Waals surface area contributed by atoms with Crippen molar-refractivity contribution >= 4 is 33.4 Å². The smallest absolute Gasteiger partial charge is 0.163 e. The molecule has 0 amide bonds. The zero-order valence-corrected chi connectivity index (χ0v) is 20.4. The van der Waals surface area contributed by atoms with Gasteiger partial charge in [-0.25, -0.2) is 9.97 Å². The molecule has 35 heavy (non-hydrogen) atoms. The van der Waals surface area contributed by atoms with Gasteiger partial charge in [0, 0.05) is 55.6 Å². The summed E-state index contributed by atoms with van der Waals surface area (Å²) in [5.74, 6) is 2.69. The number of aromatic nitrogens is 2. The van der Waals surface area contributed by atoms with Gasteiger partial charge in [0.1, 0.15) is 17.9 Å². The summed E-state index contributed by atoms with van der Waals surface area (Å²) in [5.41, 5.74) is 2.24. The number of hydrogen-bond acceptors (Lipinski definition) is 9. The number of nitrogens with one attached hydrogen (secondary N) is 1. The second-order valence-electron chi connectivity index (χ2n) is 8.73. The molecule has 184 valence electrons. The maximum Gasteiger partial charge on any atom is 0.163 e. The Kier molecular flexibility index (Phi) is 6.87. The van der Waals surface area contributed by atoms with Crippen LogP contribution in [0.5, 0.6) is 17.2 Å². The molecule has 1 aliphatic heterocycles. The Hall–Kier alpha value is -3.56. The van der Waals surface area contributed by atoms with E-state index in [1.54, 1.807) is 20.5 Å². The van der Waals surface area contributed by atoms with E-state index in [1.165, 1.54) is 6.33 Å². The number of hydrogen-bond donors (Lipinski definition) is 1. The molecule has 4 aromatic rings. The Morgan fingerprint density at radius 1 is 1.00 bits per heavy atom. The number of benzene rings is 2.